The summed E-state index contributed by atoms with van der Waals surface area (Å²) in [6, 6.07) is 20.1. The van der Waals surface area contributed by atoms with Crippen LogP contribution in [-0.2, 0) is 6.61 Å². The first-order valence-electron chi connectivity index (χ1n) is 12.9. The van der Waals surface area contributed by atoms with Crippen LogP contribution in [0.5, 0.6) is 5.75 Å². The van der Waals surface area contributed by atoms with Gasteiger partial charge in [-0.3, -0.25) is 0 Å². The predicted molar refractivity (Wildman–Crippen MR) is 134 cm³/mol. The van der Waals surface area contributed by atoms with Crippen molar-refractivity contribution in [1.82, 2.24) is 0 Å². The van der Waals surface area contributed by atoms with Gasteiger partial charge in [-0.15, -0.1) is 0 Å². The summed E-state index contributed by atoms with van der Waals surface area (Å²) in [5, 5.41) is 0. The molecule has 0 aliphatic heterocycles. The molecule has 0 N–H and O–H groups in total. The van der Waals surface area contributed by atoms with Crippen molar-refractivity contribution in [2.75, 3.05) is 0 Å². The second kappa shape index (κ2) is 10.3. The molecule has 0 spiro atoms. The molecule has 0 radical (unpaired) electrons. The third kappa shape index (κ3) is 5.04. The highest BCUT2D eigenvalue weighted by molar-refractivity contribution is 5.66. The molecule has 3 heteroatoms. The van der Waals surface area contributed by atoms with E-state index in [0.29, 0.717) is 17.9 Å². The highest BCUT2D eigenvalue weighted by Crippen LogP contribution is 2.48. The Morgan fingerprint density at radius 2 is 1.47 bits per heavy atom. The van der Waals surface area contributed by atoms with Gasteiger partial charge in [0.1, 0.15) is 24.0 Å². The van der Waals surface area contributed by atoms with Gasteiger partial charge in [0.15, 0.2) is 0 Å². The smallest absolute Gasteiger partial charge is 0.134 e. The lowest BCUT2D eigenvalue weighted by Gasteiger charge is -2.42. The standard InChI is InChI=1S/C31H34F2O/c1-2-21-8-9-25-17-26(11-10-24(25)16-21)27-18-29(32)31(30(33)19-27)23-12-14-28(15-13-23)34-20-22-6-4-3-5-7-22/h3-7,12-15,18-19,21,24-26H,2,8-11,16-17,20H2,1H3/t21?,24-,25-,26-/m1/s1. The van der Waals surface area contributed by atoms with E-state index in [0.717, 1.165) is 41.7 Å². The van der Waals surface area contributed by atoms with Crippen LogP contribution in [0.3, 0.4) is 0 Å². The Labute approximate surface area is 202 Å². The molecule has 34 heavy (non-hydrogen) atoms. The first-order chi connectivity index (χ1) is 16.6. The number of ether oxygens (including phenoxy) is 1. The van der Waals surface area contributed by atoms with Gasteiger partial charge in [0.05, 0.1) is 5.56 Å². The van der Waals surface area contributed by atoms with Crippen LogP contribution >= 0.6 is 0 Å². The molecule has 1 unspecified atom stereocenters. The number of rotatable bonds is 6. The SMILES string of the molecule is CCC1CC[C@@H]2C[C@H](c3cc(F)c(-c4ccc(OCc5ccccc5)cc4)c(F)c3)CC[C@@H]2C1. The van der Waals surface area contributed by atoms with Gasteiger partial charge in [-0.2, -0.15) is 0 Å². The summed E-state index contributed by atoms with van der Waals surface area (Å²) in [7, 11) is 0. The molecule has 0 bridgehead atoms. The van der Waals surface area contributed by atoms with E-state index in [4.69, 9.17) is 4.74 Å². The molecule has 2 fully saturated rings. The molecule has 0 saturated heterocycles. The molecule has 178 valence electrons. The number of hydrogen-bond donors (Lipinski definition) is 0. The summed E-state index contributed by atoms with van der Waals surface area (Å²) >= 11 is 0. The van der Waals surface area contributed by atoms with E-state index in [9.17, 15) is 0 Å². The average molecular weight is 461 g/mol. The predicted octanol–water partition coefficient (Wildman–Crippen LogP) is 8.92. The number of halogens is 2. The van der Waals surface area contributed by atoms with Crippen LogP contribution in [0.2, 0.25) is 0 Å². The lowest BCUT2D eigenvalue weighted by molar-refractivity contribution is 0.116. The zero-order valence-corrected chi connectivity index (χ0v) is 20.0. The second-order valence-electron chi connectivity index (χ2n) is 10.3. The third-order valence-corrected chi connectivity index (χ3v) is 8.23. The fourth-order valence-corrected chi connectivity index (χ4v) is 6.22. The molecule has 2 aliphatic rings. The molecule has 5 rings (SSSR count). The van der Waals surface area contributed by atoms with Crippen molar-refractivity contribution in [1.29, 1.82) is 0 Å². The maximum absolute atomic E-state index is 15.2. The van der Waals surface area contributed by atoms with Gasteiger partial charge in [-0.1, -0.05) is 62.2 Å². The molecule has 3 aromatic carbocycles. The molecular formula is C31H34F2O. The summed E-state index contributed by atoms with van der Waals surface area (Å²) in [5.41, 5.74) is 2.50. The van der Waals surface area contributed by atoms with Crippen LogP contribution in [0.15, 0.2) is 66.7 Å². The summed E-state index contributed by atoms with van der Waals surface area (Å²) in [6.07, 6.45) is 8.54. The Kier molecular flexibility index (Phi) is 6.99. The van der Waals surface area contributed by atoms with E-state index >= 15 is 8.78 Å². The Morgan fingerprint density at radius 3 is 2.18 bits per heavy atom. The highest BCUT2D eigenvalue weighted by Gasteiger charge is 2.35. The monoisotopic (exact) mass is 460 g/mol. The van der Waals surface area contributed by atoms with Crippen LogP contribution in [0, 0.1) is 29.4 Å². The first-order valence-corrected chi connectivity index (χ1v) is 12.9. The van der Waals surface area contributed by atoms with E-state index in [2.05, 4.69) is 6.92 Å². The molecular weight excluding hydrogens is 426 g/mol. The van der Waals surface area contributed by atoms with Crippen molar-refractivity contribution in [3.63, 3.8) is 0 Å². The fraction of sp³-hybridized carbons (Fsp3) is 0.419. The van der Waals surface area contributed by atoms with E-state index < -0.39 is 11.6 Å². The van der Waals surface area contributed by atoms with Crippen LogP contribution in [-0.4, -0.2) is 0 Å². The largest absolute Gasteiger partial charge is 0.489 e. The van der Waals surface area contributed by atoms with E-state index in [1.54, 1.807) is 36.4 Å². The van der Waals surface area contributed by atoms with Gasteiger partial charge in [0.25, 0.3) is 0 Å². The summed E-state index contributed by atoms with van der Waals surface area (Å²) < 4.78 is 36.2. The van der Waals surface area contributed by atoms with E-state index in [-0.39, 0.29) is 11.5 Å². The van der Waals surface area contributed by atoms with E-state index in [1.807, 2.05) is 30.3 Å². The third-order valence-electron chi connectivity index (χ3n) is 8.23. The van der Waals surface area contributed by atoms with Crippen molar-refractivity contribution in [2.45, 2.75) is 64.4 Å². The quantitative estimate of drug-likeness (QED) is 0.357. The molecule has 0 amide bonds. The highest BCUT2D eigenvalue weighted by atomic mass is 19.1. The lowest BCUT2D eigenvalue weighted by Crippen LogP contribution is -2.30. The Hall–Kier alpha value is -2.68. The number of fused-ring (bicyclic) bond motifs is 1. The van der Waals surface area contributed by atoms with Gasteiger partial charge in [0.2, 0.25) is 0 Å². The van der Waals surface area contributed by atoms with Crippen LogP contribution < -0.4 is 4.74 Å². The molecule has 0 aromatic heterocycles. The van der Waals surface area contributed by atoms with Gasteiger partial charge < -0.3 is 4.74 Å². The second-order valence-corrected chi connectivity index (χ2v) is 10.3. The fourth-order valence-electron chi connectivity index (χ4n) is 6.22. The molecule has 0 heterocycles. The zero-order chi connectivity index (χ0) is 23.5. The Balaban J connectivity index is 1.27. The minimum atomic E-state index is -0.468. The Morgan fingerprint density at radius 1 is 0.794 bits per heavy atom. The van der Waals surface area contributed by atoms with E-state index in [1.165, 1.54) is 32.1 Å². The maximum atomic E-state index is 15.2. The molecule has 4 atom stereocenters. The molecule has 2 aliphatic carbocycles. The summed E-state index contributed by atoms with van der Waals surface area (Å²) in [6.45, 7) is 2.76. The molecule has 3 aromatic rings. The first kappa shape index (κ1) is 23.1. The lowest BCUT2D eigenvalue weighted by atomic mass is 9.63. The minimum Gasteiger partial charge on any atom is -0.489 e. The topological polar surface area (TPSA) is 9.23 Å². The van der Waals surface area contributed by atoms with Crippen molar-refractivity contribution in [2.24, 2.45) is 17.8 Å². The van der Waals surface area contributed by atoms with Crippen LogP contribution in [0.4, 0.5) is 8.78 Å². The van der Waals surface area contributed by atoms with Gasteiger partial charge in [-0.05, 0) is 96.7 Å². The van der Waals surface area contributed by atoms with Gasteiger partial charge >= 0.3 is 0 Å². The molecule has 1 nitrogen and oxygen atoms in total. The van der Waals surface area contributed by atoms with Crippen molar-refractivity contribution >= 4 is 0 Å². The normalized spacial score (nSPS) is 24.4. The van der Waals surface area contributed by atoms with Gasteiger partial charge in [0, 0.05) is 0 Å². The maximum Gasteiger partial charge on any atom is 0.134 e. The minimum absolute atomic E-state index is 0.0514. The average Bonchev–Trinajstić information content (AvgIpc) is 2.87. The summed E-state index contributed by atoms with van der Waals surface area (Å²) in [4.78, 5) is 0. The summed E-state index contributed by atoms with van der Waals surface area (Å²) in [5.74, 6) is 2.42. The number of hydrogen-bond acceptors (Lipinski definition) is 1. The van der Waals surface area contributed by atoms with Crippen LogP contribution in [0.25, 0.3) is 11.1 Å². The van der Waals surface area contributed by atoms with Crippen LogP contribution in [0.1, 0.15) is 68.9 Å². The van der Waals surface area contributed by atoms with Crippen molar-refractivity contribution in [3.8, 4) is 16.9 Å². The number of benzene rings is 3. The van der Waals surface area contributed by atoms with Crippen molar-refractivity contribution < 1.29 is 13.5 Å². The van der Waals surface area contributed by atoms with Crippen molar-refractivity contribution in [3.05, 3.63) is 89.5 Å². The zero-order valence-electron chi connectivity index (χ0n) is 20.0. The Bertz CT molecular complexity index is 1070. The van der Waals surface area contributed by atoms with Gasteiger partial charge in [-0.25, -0.2) is 8.78 Å². The molecule has 2 saturated carbocycles.